The van der Waals surface area contributed by atoms with Gasteiger partial charge in [0.1, 0.15) is 5.01 Å². The zero-order valence-electron chi connectivity index (χ0n) is 8.04. The van der Waals surface area contributed by atoms with E-state index in [9.17, 15) is 0 Å². The summed E-state index contributed by atoms with van der Waals surface area (Å²) in [6, 6.07) is 2.06. The van der Waals surface area contributed by atoms with E-state index in [1.807, 2.05) is 0 Å². The molecule has 0 unspecified atom stereocenters. The van der Waals surface area contributed by atoms with Gasteiger partial charge < -0.3 is 0 Å². The van der Waals surface area contributed by atoms with Crippen LogP contribution >= 0.6 is 66.1 Å². The molecule has 0 amide bonds. The van der Waals surface area contributed by atoms with Crippen LogP contribution in [0.15, 0.2) is 14.3 Å². The maximum Gasteiger partial charge on any atom is 0.157 e. The summed E-state index contributed by atoms with van der Waals surface area (Å²) in [5, 5.41) is 10.4. The lowest BCUT2D eigenvalue weighted by Gasteiger charge is -1.88. The quantitative estimate of drug-likeness (QED) is 0.675. The Hall–Kier alpha value is 0.510. The normalized spacial score (nSPS) is 10.9. The Balaban J connectivity index is 2.18. The molecule has 0 spiro atoms. The summed E-state index contributed by atoms with van der Waals surface area (Å²) >= 11 is 15.9. The fraction of sp³-hybridized carbons (Fsp3) is 0.333. The summed E-state index contributed by atoms with van der Waals surface area (Å²) in [7, 11) is 0. The number of halogens is 3. The Morgan fingerprint density at radius 3 is 2.69 bits per heavy atom. The highest BCUT2D eigenvalue weighted by molar-refractivity contribution is 9.13. The fourth-order valence-corrected chi connectivity index (χ4v) is 4.22. The highest BCUT2D eigenvalue weighted by atomic mass is 79.9. The topological polar surface area (TPSA) is 25.8 Å². The average Bonchev–Trinajstić information content (AvgIpc) is 2.84. The van der Waals surface area contributed by atoms with E-state index in [1.54, 1.807) is 22.7 Å². The number of hydrogen-bond donors (Lipinski definition) is 0. The molecule has 0 aliphatic carbocycles. The molecule has 0 bridgehead atoms. The van der Waals surface area contributed by atoms with E-state index in [2.05, 4.69) is 48.1 Å². The van der Waals surface area contributed by atoms with Gasteiger partial charge >= 0.3 is 0 Å². The summed E-state index contributed by atoms with van der Waals surface area (Å²) in [6.45, 7) is 0. The average molecular weight is 403 g/mol. The molecule has 0 aliphatic heterocycles. The van der Waals surface area contributed by atoms with Crippen LogP contribution in [0.4, 0.5) is 0 Å². The lowest BCUT2D eigenvalue weighted by molar-refractivity contribution is 0.884. The van der Waals surface area contributed by atoms with Crippen LogP contribution < -0.4 is 0 Å². The predicted octanol–water partition coefficient (Wildman–Crippen LogP) is 4.96. The third-order valence-electron chi connectivity index (χ3n) is 1.85. The highest BCUT2D eigenvalue weighted by Crippen LogP contribution is 2.39. The summed E-state index contributed by atoms with van der Waals surface area (Å²) in [5.41, 5.74) is 0. The second kappa shape index (κ2) is 5.91. The van der Waals surface area contributed by atoms with E-state index in [0.29, 0.717) is 5.88 Å². The van der Waals surface area contributed by atoms with Gasteiger partial charge in [0, 0.05) is 16.8 Å². The number of aromatic nitrogens is 2. The van der Waals surface area contributed by atoms with Crippen molar-refractivity contribution in [2.75, 3.05) is 5.88 Å². The van der Waals surface area contributed by atoms with Crippen LogP contribution in [0.3, 0.4) is 0 Å². The summed E-state index contributed by atoms with van der Waals surface area (Å²) in [6.07, 6.45) is 1.86. The second-order valence-electron chi connectivity index (χ2n) is 3.03. The minimum absolute atomic E-state index is 0.672. The smallest absolute Gasteiger partial charge is 0.143 e. The van der Waals surface area contributed by atoms with E-state index >= 15 is 0 Å². The molecule has 2 rings (SSSR count). The van der Waals surface area contributed by atoms with Crippen LogP contribution in [0.5, 0.6) is 0 Å². The Labute approximate surface area is 123 Å². The number of hydrogen-bond acceptors (Lipinski definition) is 4. The lowest BCUT2D eigenvalue weighted by Crippen LogP contribution is -1.84. The molecular weight excluding hydrogens is 396 g/mol. The molecule has 2 aromatic rings. The van der Waals surface area contributed by atoms with Crippen molar-refractivity contribution in [3.05, 3.63) is 19.3 Å². The number of aryl methyl sites for hydroxylation is 1. The van der Waals surface area contributed by atoms with Gasteiger partial charge in [-0.25, -0.2) is 0 Å². The molecule has 86 valence electrons. The standard InChI is InChI=1S/C9H7Br2ClN2S2/c10-5-4-6(15-8(5)11)9-14-13-7(16-9)2-1-3-12/h4H,1-3H2. The van der Waals surface area contributed by atoms with Crippen LogP contribution in [-0.2, 0) is 6.42 Å². The zero-order chi connectivity index (χ0) is 11.5. The van der Waals surface area contributed by atoms with E-state index in [1.165, 1.54) is 0 Å². The molecule has 7 heteroatoms. The van der Waals surface area contributed by atoms with Gasteiger partial charge in [-0.2, -0.15) is 0 Å². The molecule has 2 aromatic heterocycles. The van der Waals surface area contributed by atoms with Gasteiger partial charge in [-0.1, -0.05) is 11.3 Å². The van der Waals surface area contributed by atoms with E-state index < -0.39 is 0 Å². The van der Waals surface area contributed by atoms with Gasteiger partial charge in [0.25, 0.3) is 0 Å². The minimum atomic E-state index is 0.672. The summed E-state index contributed by atoms with van der Waals surface area (Å²) in [4.78, 5) is 1.13. The summed E-state index contributed by atoms with van der Waals surface area (Å²) < 4.78 is 2.14. The number of rotatable bonds is 4. The van der Waals surface area contributed by atoms with Crippen LogP contribution in [0.25, 0.3) is 9.88 Å². The first-order valence-corrected chi connectivity index (χ1v) is 8.29. The van der Waals surface area contributed by atoms with E-state index in [-0.39, 0.29) is 0 Å². The van der Waals surface area contributed by atoms with Crippen LogP contribution in [0, 0.1) is 0 Å². The molecular formula is C9H7Br2ClN2S2. The second-order valence-corrected chi connectivity index (χ2v) is 7.69. The predicted molar refractivity (Wildman–Crippen MR) is 77.7 cm³/mol. The molecule has 0 saturated heterocycles. The third-order valence-corrected chi connectivity index (χ3v) is 6.52. The maximum absolute atomic E-state index is 5.65. The molecule has 0 aromatic carbocycles. The fourth-order valence-electron chi connectivity index (χ4n) is 1.12. The Kier molecular flexibility index (Phi) is 4.78. The molecule has 2 heterocycles. The van der Waals surface area contributed by atoms with Crippen molar-refractivity contribution >= 4 is 66.1 Å². The SMILES string of the molecule is ClCCCc1nnc(-c2cc(Br)c(Br)s2)s1. The van der Waals surface area contributed by atoms with Gasteiger partial charge in [0.2, 0.25) is 0 Å². The van der Waals surface area contributed by atoms with Gasteiger partial charge in [-0.3, -0.25) is 0 Å². The number of alkyl halides is 1. The Morgan fingerprint density at radius 2 is 2.06 bits per heavy atom. The van der Waals surface area contributed by atoms with Crippen molar-refractivity contribution in [1.82, 2.24) is 10.2 Å². The minimum Gasteiger partial charge on any atom is -0.143 e. The third kappa shape index (κ3) is 3.04. The number of thiophene rings is 1. The van der Waals surface area contributed by atoms with Crippen molar-refractivity contribution in [3.8, 4) is 9.88 Å². The van der Waals surface area contributed by atoms with Crippen LogP contribution in [0.1, 0.15) is 11.4 Å². The molecule has 16 heavy (non-hydrogen) atoms. The van der Waals surface area contributed by atoms with Crippen LogP contribution in [-0.4, -0.2) is 16.1 Å². The number of nitrogens with zero attached hydrogens (tertiary/aromatic N) is 2. The molecule has 0 N–H and O–H groups in total. The van der Waals surface area contributed by atoms with Gasteiger partial charge in [0.05, 0.1) is 8.66 Å². The van der Waals surface area contributed by atoms with Crippen molar-refractivity contribution < 1.29 is 0 Å². The largest absolute Gasteiger partial charge is 0.157 e. The maximum atomic E-state index is 5.65. The van der Waals surface area contributed by atoms with Gasteiger partial charge in [-0.05, 0) is 44.3 Å². The summed E-state index contributed by atoms with van der Waals surface area (Å²) in [5.74, 6) is 0.672. The highest BCUT2D eigenvalue weighted by Gasteiger charge is 2.11. The van der Waals surface area contributed by atoms with E-state index in [0.717, 1.165) is 36.0 Å². The molecule has 2 nitrogen and oxygen atoms in total. The first kappa shape index (κ1) is 13.0. The Morgan fingerprint density at radius 1 is 1.25 bits per heavy atom. The monoisotopic (exact) mass is 400 g/mol. The van der Waals surface area contributed by atoms with Crippen LogP contribution in [0.2, 0.25) is 0 Å². The van der Waals surface area contributed by atoms with E-state index in [4.69, 9.17) is 11.6 Å². The van der Waals surface area contributed by atoms with Gasteiger partial charge in [-0.15, -0.1) is 33.1 Å². The lowest BCUT2D eigenvalue weighted by atomic mass is 10.4. The first-order valence-electron chi connectivity index (χ1n) is 4.54. The molecule has 0 aliphatic rings. The Bertz CT molecular complexity index is 464. The van der Waals surface area contributed by atoms with Crippen molar-refractivity contribution in [2.24, 2.45) is 0 Å². The zero-order valence-corrected chi connectivity index (χ0v) is 13.6. The van der Waals surface area contributed by atoms with Gasteiger partial charge in [0.15, 0.2) is 5.01 Å². The molecule has 0 fully saturated rings. The molecule has 0 atom stereocenters. The molecule has 0 radical (unpaired) electrons. The van der Waals surface area contributed by atoms with Crippen molar-refractivity contribution in [3.63, 3.8) is 0 Å². The molecule has 0 saturated carbocycles. The first-order chi connectivity index (χ1) is 7.70. The van der Waals surface area contributed by atoms with Crippen molar-refractivity contribution in [2.45, 2.75) is 12.8 Å². The van der Waals surface area contributed by atoms with Crippen molar-refractivity contribution in [1.29, 1.82) is 0 Å².